The quantitative estimate of drug-likeness (QED) is 0.118. The van der Waals surface area contributed by atoms with Crippen LogP contribution in [-0.2, 0) is 20.8 Å². The molecule has 1 aromatic rings. The van der Waals surface area contributed by atoms with Gasteiger partial charge in [-0.1, -0.05) is 49.6 Å². The van der Waals surface area contributed by atoms with Crippen molar-refractivity contribution in [3.8, 4) is 0 Å². The van der Waals surface area contributed by atoms with Crippen molar-refractivity contribution in [2.75, 3.05) is 13.1 Å². The van der Waals surface area contributed by atoms with E-state index in [0.29, 0.717) is 25.9 Å². The van der Waals surface area contributed by atoms with Gasteiger partial charge in [-0.2, -0.15) is 0 Å². The molecule has 0 saturated heterocycles. The molecule has 2 atom stereocenters. The smallest absolute Gasteiger partial charge is 0.242 e. The van der Waals surface area contributed by atoms with Gasteiger partial charge < -0.3 is 22.1 Å². The Morgan fingerprint density at radius 3 is 2.50 bits per heavy atom. The van der Waals surface area contributed by atoms with E-state index in [9.17, 15) is 14.4 Å². The van der Waals surface area contributed by atoms with Crippen LogP contribution in [0.3, 0.4) is 0 Å². The fraction of sp³-hybridized carbons (Fsp3) is 0.560. The van der Waals surface area contributed by atoms with Gasteiger partial charge in [0.05, 0.1) is 0 Å². The molecular formula is C25H38N6O3. The molecule has 1 saturated carbocycles. The molecule has 0 aliphatic heterocycles. The van der Waals surface area contributed by atoms with E-state index in [2.05, 4.69) is 33.1 Å². The van der Waals surface area contributed by atoms with Gasteiger partial charge in [0, 0.05) is 25.2 Å². The zero-order valence-corrected chi connectivity index (χ0v) is 19.8. The largest absolute Gasteiger partial charge is 0.370 e. The minimum Gasteiger partial charge on any atom is -0.370 e. The summed E-state index contributed by atoms with van der Waals surface area (Å²) in [5, 5.41) is 8.95. The van der Waals surface area contributed by atoms with E-state index < -0.39 is 18.0 Å². The van der Waals surface area contributed by atoms with Crippen LogP contribution in [0.5, 0.6) is 0 Å². The molecule has 34 heavy (non-hydrogen) atoms. The molecule has 0 aromatic heterocycles. The number of guanidine groups is 1. The normalized spacial score (nSPS) is 15.4. The number of nitrogens with two attached hydrogens (primary N) is 2. The lowest BCUT2D eigenvalue weighted by Crippen LogP contribution is -2.54. The summed E-state index contributed by atoms with van der Waals surface area (Å²) in [4.78, 5) is 40.8. The Hall–Kier alpha value is -3.16. The van der Waals surface area contributed by atoms with Crippen LogP contribution in [0.2, 0.25) is 0 Å². The summed E-state index contributed by atoms with van der Waals surface area (Å²) in [6, 6.07) is 8.63. The second-order valence-corrected chi connectivity index (χ2v) is 8.65. The molecule has 9 nitrogen and oxygen atoms in total. The average molecular weight is 471 g/mol. The predicted octanol–water partition coefficient (Wildman–Crippen LogP) is 0.953. The fourth-order valence-electron chi connectivity index (χ4n) is 4.10. The van der Waals surface area contributed by atoms with Crippen LogP contribution < -0.4 is 27.4 Å². The van der Waals surface area contributed by atoms with E-state index in [-0.39, 0.29) is 17.9 Å². The molecule has 7 N–H and O–H groups in total. The average Bonchev–Trinajstić information content (AvgIpc) is 2.84. The van der Waals surface area contributed by atoms with Crippen LogP contribution in [0.4, 0.5) is 0 Å². The standard InChI is InChI=1S/C25H38N6O3/c26-25(27)29-17-8-14-21(23(33)28-16-7-11-19-9-3-1-4-10-19)31-24(34)22(15-18-32)30-20-12-5-2-6-13-20/h1,3-4,9-10,15,20-22,30H,2,5-8,11-14,16-17H2,(H,28,33)(H,31,34)(H4,26,27,29)/t21-,22-/m0/s1. The van der Waals surface area contributed by atoms with Gasteiger partial charge >= 0.3 is 0 Å². The number of aryl methyl sites for hydroxylation is 1. The van der Waals surface area contributed by atoms with Crippen molar-refractivity contribution in [3.63, 3.8) is 0 Å². The highest BCUT2D eigenvalue weighted by atomic mass is 16.2. The third-order valence-electron chi connectivity index (χ3n) is 5.90. The van der Waals surface area contributed by atoms with Gasteiger partial charge in [-0.3, -0.25) is 19.9 Å². The van der Waals surface area contributed by atoms with Crippen LogP contribution in [0.25, 0.3) is 0 Å². The Morgan fingerprint density at radius 2 is 1.82 bits per heavy atom. The number of rotatable bonds is 14. The number of nitrogens with one attached hydrogen (secondary N) is 3. The molecule has 2 amide bonds. The van der Waals surface area contributed by atoms with Crippen molar-refractivity contribution in [1.82, 2.24) is 16.0 Å². The zero-order chi connectivity index (χ0) is 24.6. The maximum atomic E-state index is 12.9. The summed E-state index contributed by atoms with van der Waals surface area (Å²) in [7, 11) is 0. The first-order valence-corrected chi connectivity index (χ1v) is 12.1. The lowest BCUT2D eigenvalue weighted by Gasteiger charge is -2.27. The monoisotopic (exact) mass is 470 g/mol. The van der Waals surface area contributed by atoms with Crippen LogP contribution >= 0.6 is 0 Å². The molecule has 0 spiro atoms. The highest BCUT2D eigenvalue weighted by Gasteiger charge is 2.26. The van der Waals surface area contributed by atoms with Crippen LogP contribution in [-0.4, -0.2) is 54.9 Å². The molecule has 1 aromatic carbocycles. The fourth-order valence-corrected chi connectivity index (χ4v) is 4.10. The van der Waals surface area contributed by atoms with Crippen molar-refractivity contribution >= 4 is 23.7 Å². The van der Waals surface area contributed by atoms with Crippen molar-refractivity contribution in [2.45, 2.75) is 75.9 Å². The summed E-state index contributed by atoms with van der Waals surface area (Å²) in [5.74, 6) is 1.02. The Labute approximate surface area is 201 Å². The number of benzene rings is 1. The van der Waals surface area contributed by atoms with Crippen LogP contribution in [0, 0.1) is 0 Å². The van der Waals surface area contributed by atoms with Crippen LogP contribution in [0.1, 0.15) is 56.9 Å². The molecule has 0 radical (unpaired) electrons. The summed E-state index contributed by atoms with van der Waals surface area (Å²) in [6.45, 7) is 0.847. The maximum Gasteiger partial charge on any atom is 0.242 e. The van der Waals surface area contributed by atoms with E-state index in [1.54, 1.807) is 5.94 Å². The number of hydrogen-bond acceptors (Lipinski definition) is 5. The van der Waals surface area contributed by atoms with Gasteiger partial charge in [0.15, 0.2) is 5.96 Å². The number of carbonyl (C=O) groups excluding carboxylic acids is 3. The van der Waals surface area contributed by atoms with Crippen LogP contribution in [0.15, 0.2) is 41.4 Å². The minimum atomic E-state index is -0.827. The molecule has 9 heteroatoms. The molecule has 1 fully saturated rings. The number of hydrogen-bond donors (Lipinski definition) is 5. The molecule has 0 bridgehead atoms. The van der Waals surface area contributed by atoms with E-state index in [0.717, 1.165) is 38.5 Å². The Morgan fingerprint density at radius 1 is 1.09 bits per heavy atom. The third-order valence-corrected chi connectivity index (χ3v) is 5.90. The molecular weight excluding hydrogens is 432 g/mol. The van der Waals surface area contributed by atoms with Crippen molar-refractivity contribution < 1.29 is 14.4 Å². The highest BCUT2D eigenvalue weighted by Crippen LogP contribution is 2.18. The van der Waals surface area contributed by atoms with Crippen molar-refractivity contribution in [3.05, 3.63) is 42.0 Å². The lowest BCUT2D eigenvalue weighted by atomic mass is 9.95. The van der Waals surface area contributed by atoms with E-state index in [4.69, 9.17) is 11.5 Å². The van der Waals surface area contributed by atoms with Crippen molar-refractivity contribution in [1.29, 1.82) is 0 Å². The number of aliphatic imine (C=N–C) groups is 1. The summed E-state index contributed by atoms with van der Waals surface area (Å²) < 4.78 is 0. The summed E-state index contributed by atoms with van der Waals surface area (Å²) in [6.07, 6.45) is 8.98. The second kappa shape index (κ2) is 15.6. The second-order valence-electron chi connectivity index (χ2n) is 8.65. The topological polar surface area (TPSA) is 152 Å². The van der Waals surface area contributed by atoms with Gasteiger partial charge in [-0.15, -0.1) is 0 Å². The van der Waals surface area contributed by atoms with Gasteiger partial charge in [0.25, 0.3) is 0 Å². The number of carbonyl (C=O) groups is 2. The molecule has 1 aliphatic rings. The first kappa shape index (κ1) is 27.1. The van der Waals surface area contributed by atoms with E-state index in [1.165, 1.54) is 18.1 Å². The molecule has 2 rings (SSSR count). The molecule has 186 valence electrons. The minimum absolute atomic E-state index is 0.0150. The van der Waals surface area contributed by atoms with E-state index >= 15 is 0 Å². The van der Waals surface area contributed by atoms with Gasteiger partial charge in [0.1, 0.15) is 18.0 Å². The molecule has 0 heterocycles. The number of nitrogens with zero attached hydrogens (tertiary/aromatic N) is 1. The highest BCUT2D eigenvalue weighted by molar-refractivity contribution is 5.91. The maximum absolute atomic E-state index is 12.9. The van der Waals surface area contributed by atoms with E-state index in [1.807, 2.05) is 18.2 Å². The zero-order valence-electron chi connectivity index (χ0n) is 19.8. The van der Waals surface area contributed by atoms with Gasteiger partial charge in [-0.25, -0.2) is 4.79 Å². The lowest BCUT2D eigenvalue weighted by molar-refractivity contribution is -0.129. The van der Waals surface area contributed by atoms with Gasteiger partial charge in [0.2, 0.25) is 11.8 Å². The first-order valence-electron chi connectivity index (χ1n) is 12.1. The van der Waals surface area contributed by atoms with Gasteiger partial charge in [-0.05, 0) is 44.1 Å². The predicted molar refractivity (Wildman–Crippen MR) is 134 cm³/mol. The number of amides is 2. The summed E-state index contributed by atoms with van der Waals surface area (Å²) >= 11 is 0. The Kier molecular flexibility index (Phi) is 12.5. The Bertz CT molecular complexity index is 828. The molecule has 0 unspecified atom stereocenters. The third kappa shape index (κ3) is 10.6. The SMILES string of the molecule is NC(N)=NCCC[C@H](NC(=O)[C@H](C=C=O)NC1CCCCC1)C(=O)NCCCc1ccccc1. The Balaban J connectivity index is 1.93. The first-order chi connectivity index (χ1) is 16.5. The van der Waals surface area contributed by atoms with Crippen molar-refractivity contribution in [2.24, 2.45) is 16.5 Å². The molecule has 1 aliphatic carbocycles. The summed E-state index contributed by atoms with van der Waals surface area (Å²) in [5.41, 5.74) is 11.9.